The van der Waals surface area contributed by atoms with Crippen molar-refractivity contribution in [3.8, 4) is 0 Å². The minimum absolute atomic E-state index is 0.362. The summed E-state index contributed by atoms with van der Waals surface area (Å²) in [5.74, 6) is 0.763. The molecular formula is C18H28N2. The van der Waals surface area contributed by atoms with Crippen molar-refractivity contribution >= 4 is 0 Å². The van der Waals surface area contributed by atoms with Crippen molar-refractivity contribution in [3.05, 3.63) is 35.4 Å². The lowest BCUT2D eigenvalue weighted by Crippen LogP contribution is -2.50. The van der Waals surface area contributed by atoms with Crippen LogP contribution in [-0.4, -0.2) is 37.1 Å². The number of nitrogens with zero attached hydrogens (tertiary/aromatic N) is 1. The van der Waals surface area contributed by atoms with Crippen LogP contribution in [0.5, 0.6) is 0 Å². The molecular weight excluding hydrogens is 244 g/mol. The van der Waals surface area contributed by atoms with Crippen LogP contribution in [0.2, 0.25) is 0 Å². The highest BCUT2D eigenvalue weighted by Gasteiger charge is 2.30. The Kier molecular flexibility index (Phi) is 4.13. The number of rotatable bonds is 3. The van der Waals surface area contributed by atoms with E-state index in [1.165, 1.54) is 51.7 Å². The molecule has 1 aromatic carbocycles. The summed E-state index contributed by atoms with van der Waals surface area (Å²) < 4.78 is 0. The molecule has 1 saturated heterocycles. The van der Waals surface area contributed by atoms with E-state index in [1.54, 1.807) is 11.1 Å². The van der Waals surface area contributed by atoms with E-state index < -0.39 is 0 Å². The smallest absolute Gasteiger partial charge is 0.0174 e. The molecule has 2 aliphatic rings. The second-order valence-corrected chi connectivity index (χ2v) is 6.90. The number of fused-ring (bicyclic) bond motifs is 1. The van der Waals surface area contributed by atoms with Crippen LogP contribution in [0.3, 0.4) is 0 Å². The molecule has 3 rings (SSSR count). The van der Waals surface area contributed by atoms with Crippen LogP contribution in [0.4, 0.5) is 0 Å². The SMILES string of the molecule is CNC1(C)CCN(CC2CCCc3ccccc32)CC1. The predicted molar refractivity (Wildman–Crippen MR) is 85.3 cm³/mol. The van der Waals surface area contributed by atoms with Gasteiger partial charge in [-0.05, 0) is 76.2 Å². The molecule has 1 heterocycles. The van der Waals surface area contributed by atoms with E-state index in [-0.39, 0.29) is 0 Å². The second-order valence-electron chi connectivity index (χ2n) is 6.90. The van der Waals surface area contributed by atoms with E-state index in [2.05, 4.69) is 48.5 Å². The van der Waals surface area contributed by atoms with E-state index in [0.717, 1.165) is 5.92 Å². The average Bonchev–Trinajstić information content (AvgIpc) is 2.50. The third-order valence-corrected chi connectivity index (χ3v) is 5.54. The van der Waals surface area contributed by atoms with Crippen LogP contribution in [0.15, 0.2) is 24.3 Å². The van der Waals surface area contributed by atoms with Gasteiger partial charge in [0.05, 0.1) is 0 Å². The molecule has 20 heavy (non-hydrogen) atoms. The van der Waals surface area contributed by atoms with Crippen molar-refractivity contribution in [2.45, 2.75) is 50.5 Å². The van der Waals surface area contributed by atoms with E-state index in [4.69, 9.17) is 0 Å². The van der Waals surface area contributed by atoms with Crippen molar-refractivity contribution in [3.63, 3.8) is 0 Å². The average molecular weight is 272 g/mol. The summed E-state index contributed by atoms with van der Waals surface area (Å²) in [6.45, 7) is 6.11. The largest absolute Gasteiger partial charge is 0.314 e. The van der Waals surface area contributed by atoms with Crippen LogP contribution >= 0.6 is 0 Å². The summed E-state index contributed by atoms with van der Waals surface area (Å²) in [7, 11) is 2.10. The third kappa shape index (κ3) is 2.91. The molecule has 1 atom stereocenters. The fraction of sp³-hybridized carbons (Fsp3) is 0.667. The molecule has 0 radical (unpaired) electrons. The quantitative estimate of drug-likeness (QED) is 0.909. The van der Waals surface area contributed by atoms with Gasteiger partial charge in [0.1, 0.15) is 0 Å². The van der Waals surface area contributed by atoms with Gasteiger partial charge < -0.3 is 10.2 Å². The number of hydrogen-bond donors (Lipinski definition) is 1. The molecule has 0 spiro atoms. The summed E-state index contributed by atoms with van der Waals surface area (Å²) >= 11 is 0. The normalized spacial score (nSPS) is 26.2. The van der Waals surface area contributed by atoms with Gasteiger partial charge in [0.15, 0.2) is 0 Å². The van der Waals surface area contributed by atoms with Crippen LogP contribution in [0.25, 0.3) is 0 Å². The molecule has 1 fully saturated rings. The number of piperidine rings is 1. The standard InChI is InChI=1S/C18H28N2/c1-18(19-2)10-12-20(13-11-18)14-16-8-5-7-15-6-3-4-9-17(15)16/h3-4,6,9,16,19H,5,7-8,10-14H2,1-2H3. The fourth-order valence-electron chi connectivity index (χ4n) is 3.83. The highest BCUT2D eigenvalue weighted by molar-refractivity contribution is 5.32. The Labute approximate surface area is 123 Å². The lowest BCUT2D eigenvalue weighted by Gasteiger charge is -2.41. The molecule has 1 aromatic rings. The van der Waals surface area contributed by atoms with Crippen LogP contribution < -0.4 is 5.32 Å². The van der Waals surface area contributed by atoms with Crippen LogP contribution in [0.1, 0.15) is 49.7 Å². The Morgan fingerprint density at radius 3 is 2.75 bits per heavy atom. The summed E-state index contributed by atoms with van der Waals surface area (Å²) in [6.07, 6.45) is 6.57. The van der Waals surface area contributed by atoms with Crippen molar-refractivity contribution in [2.75, 3.05) is 26.7 Å². The highest BCUT2D eigenvalue weighted by Crippen LogP contribution is 2.33. The zero-order chi connectivity index (χ0) is 14.0. The molecule has 0 saturated carbocycles. The Balaban J connectivity index is 1.63. The number of hydrogen-bond acceptors (Lipinski definition) is 2. The molecule has 1 unspecified atom stereocenters. The summed E-state index contributed by atoms with van der Waals surface area (Å²) in [5.41, 5.74) is 3.59. The first-order chi connectivity index (χ1) is 9.70. The maximum atomic E-state index is 3.49. The van der Waals surface area contributed by atoms with Crippen LogP contribution in [0, 0.1) is 0 Å². The number of benzene rings is 1. The Hall–Kier alpha value is -0.860. The van der Waals surface area contributed by atoms with Crippen molar-refractivity contribution in [2.24, 2.45) is 0 Å². The van der Waals surface area contributed by atoms with Gasteiger partial charge in [-0.25, -0.2) is 0 Å². The summed E-state index contributed by atoms with van der Waals surface area (Å²) in [6, 6.07) is 9.10. The zero-order valence-electron chi connectivity index (χ0n) is 13.0. The fourth-order valence-corrected chi connectivity index (χ4v) is 3.83. The first-order valence-electron chi connectivity index (χ1n) is 8.19. The maximum absolute atomic E-state index is 3.49. The molecule has 1 aliphatic heterocycles. The van der Waals surface area contributed by atoms with Gasteiger partial charge in [-0.15, -0.1) is 0 Å². The second kappa shape index (κ2) is 5.87. The number of nitrogens with one attached hydrogen (secondary N) is 1. The maximum Gasteiger partial charge on any atom is 0.0174 e. The monoisotopic (exact) mass is 272 g/mol. The van der Waals surface area contributed by atoms with Crippen molar-refractivity contribution in [1.82, 2.24) is 10.2 Å². The lowest BCUT2D eigenvalue weighted by molar-refractivity contribution is 0.142. The third-order valence-electron chi connectivity index (χ3n) is 5.54. The Morgan fingerprint density at radius 1 is 1.25 bits per heavy atom. The molecule has 2 nitrogen and oxygen atoms in total. The molecule has 2 heteroatoms. The highest BCUT2D eigenvalue weighted by atomic mass is 15.1. The predicted octanol–water partition coefficient (Wildman–Crippen LogP) is 3.18. The van der Waals surface area contributed by atoms with Gasteiger partial charge in [-0.2, -0.15) is 0 Å². The van der Waals surface area contributed by atoms with E-state index in [1.807, 2.05) is 0 Å². The topological polar surface area (TPSA) is 15.3 Å². The molecule has 0 bridgehead atoms. The van der Waals surface area contributed by atoms with E-state index in [0.29, 0.717) is 5.54 Å². The Bertz CT molecular complexity index is 446. The Morgan fingerprint density at radius 2 is 2.00 bits per heavy atom. The van der Waals surface area contributed by atoms with Crippen molar-refractivity contribution in [1.29, 1.82) is 0 Å². The molecule has 0 amide bonds. The number of likely N-dealkylation sites (tertiary alicyclic amines) is 1. The molecule has 1 N–H and O–H groups in total. The minimum Gasteiger partial charge on any atom is -0.314 e. The lowest BCUT2D eigenvalue weighted by atomic mass is 9.82. The van der Waals surface area contributed by atoms with Gasteiger partial charge in [0, 0.05) is 12.1 Å². The summed E-state index contributed by atoms with van der Waals surface area (Å²) in [4.78, 5) is 2.69. The van der Waals surface area contributed by atoms with Gasteiger partial charge in [0.2, 0.25) is 0 Å². The minimum atomic E-state index is 0.362. The molecule has 0 aromatic heterocycles. The molecule has 1 aliphatic carbocycles. The van der Waals surface area contributed by atoms with E-state index in [9.17, 15) is 0 Å². The van der Waals surface area contributed by atoms with Crippen LogP contribution in [-0.2, 0) is 6.42 Å². The van der Waals surface area contributed by atoms with E-state index >= 15 is 0 Å². The zero-order valence-corrected chi connectivity index (χ0v) is 13.0. The van der Waals surface area contributed by atoms with Crippen molar-refractivity contribution < 1.29 is 0 Å². The first-order valence-corrected chi connectivity index (χ1v) is 8.19. The van der Waals surface area contributed by atoms with Gasteiger partial charge >= 0.3 is 0 Å². The molecule has 110 valence electrons. The van der Waals surface area contributed by atoms with Gasteiger partial charge in [-0.1, -0.05) is 24.3 Å². The number of aryl methyl sites for hydroxylation is 1. The van der Waals surface area contributed by atoms with Gasteiger partial charge in [-0.3, -0.25) is 0 Å². The summed E-state index contributed by atoms with van der Waals surface area (Å²) in [5, 5.41) is 3.49. The van der Waals surface area contributed by atoms with Gasteiger partial charge in [0.25, 0.3) is 0 Å². The first kappa shape index (κ1) is 14.1.